The number of tetrazole rings is 1. The van der Waals surface area contributed by atoms with Gasteiger partial charge in [0.05, 0.1) is 37.8 Å². The summed E-state index contributed by atoms with van der Waals surface area (Å²) in [7, 11) is 0. The highest BCUT2D eigenvalue weighted by molar-refractivity contribution is 6.30. The highest BCUT2D eigenvalue weighted by Gasteiger charge is 2.36. The third-order valence-corrected chi connectivity index (χ3v) is 5.70. The minimum absolute atomic E-state index is 0.0985. The van der Waals surface area contributed by atoms with Crippen molar-refractivity contribution >= 4 is 17.3 Å². The van der Waals surface area contributed by atoms with Crippen molar-refractivity contribution in [2.45, 2.75) is 25.9 Å². The van der Waals surface area contributed by atoms with E-state index in [1.807, 2.05) is 44.2 Å². The molecule has 0 radical (unpaired) electrons. The minimum Gasteiger partial charge on any atom is -0.360 e. The van der Waals surface area contributed by atoms with Crippen molar-refractivity contribution in [2.24, 2.45) is 0 Å². The van der Waals surface area contributed by atoms with Gasteiger partial charge in [-0.25, -0.2) is 9.07 Å². The normalized spacial score (nSPS) is 16.4. The number of hydrogen-bond acceptors (Lipinski definition) is 4. The molecule has 0 unspecified atom stereocenters. The Hall–Kier alpha value is -2.51. The monoisotopic (exact) mass is 415 g/mol. The van der Waals surface area contributed by atoms with E-state index in [1.54, 1.807) is 10.7 Å². The second kappa shape index (κ2) is 8.47. The summed E-state index contributed by atoms with van der Waals surface area (Å²) < 4.78 is 16.6. The third kappa shape index (κ3) is 4.11. The standard InChI is InChI=1S/C21H24ClFN6/c1-15(2)29-21(24-25-26-29)20(18-8-3-4-9-19(18)23)28-12-10-27(11-13-28)17-7-5-6-16(22)14-17/h3-9,14-15,20H,10-13H2,1-2H3/p+1/t20-/m0/s1. The van der Waals surface area contributed by atoms with Crippen molar-refractivity contribution in [1.82, 2.24) is 20.2 Å². The van der Waals surface area contributed by atoms with Crippen molar-refractivity contribution in [2.75, 3.05) is 31.1 Å². The van der Waals surface area contributed by atoms with Crippen LogP contribution in [0.25, 0.3) is 0 Å². The summed E-state index contributed by atoms with van der Waals surface area (Å²) in [5.74, 6) is 0.483. The zero-order valence-corrected chi connectivity index (χ0v) is 17.3. The van der Waals surface area contributed by atoms with E-state index in [0.29, 0.717) is 11.4 Å². The predicted octanol–water partition coefficient (Wildman–Crippen LogP) is 2.54. The van der Waals surface area contributed by atoms with Gasteiger partial charge in [-0.2, -0.15) is 0 Å². The van der Waals surface area contributed by atoms with Crippen LogP contribution in [0.1, 0.15) is 37.3 Å². The Morgan fingerprint density at radius 2 is 1.83 bits per heavy atom. The maximum absolute atomic E-state index is 14.8. The SMILES string of the molecule is CC(C)n1nnnc1[C@H](c1ccccc1F)[NH+]1CCN(c2cccc(Cl)c2)CC1. The van der Waals surface area contributed by atoms with E-state index >= 15 is 0 Å². The number of anilines is 1. The van der Waals surface area contributed by atoms with Gasteiger partial charge in [-0.15, -0.1) is 5.10 Å². The smallest absolute Gasteiger partial charge is 0.214 e. The molecule has 0 amide bonds. The van der Waals surface area contributed by atoms with E-state index in [-0.39, 0.29) is 17.9 Å². The summed E-state index contributed by atoms with van der Waals surface area (Å²) in [6.07, 6.45) is 0. The number of aromatic nitrogens is 4. The van der Waals surface area contributed by atoms with E-state index in [2.05, 4.69) is 26.5 Å². The Morgan fingerprint density at radius 3 is 2.52 bits per heavy atom. The van der Waals surface area contributed by atoms with Crippen LogP contribution >= 0.6 is 11.6 Å². The number of halogens is 2. The molecule has 1 aliphatic heterocycles. The molecule has 0 spiro atoms. The Balaban J connectivity index is 1.63. The molecular weight excluding hydrogens is 391 g/mol. The van der Waals surface area contributed by atoms with Gasteiger partial charge in [-0.3, -0.25) is 0 Å². The number of nitrogens with zero attached hydrogens (tertiary/aromatic N) is 5. The minimum atomic E-state index is -0.255. The van der Waals surface area contributed by atoms with Gasteiger partial charge in [0.1, 0.15) is 5.82 Å². The highest BCUT2D eigenvalue weighted by atomic mass is 35.5. The Morgan fingerprint density at radius 1 is 1.07 bits per heavy atom. The first-order valence-electron chi connectivity index (χ1n) is 9.92. The second-order valence-electron chi connectivity index (χ2n) is 7.66. The lowest BCUT2D eigenvalue weighted by molar-refractivity contribution is -0.927. The molecule has 3 aromatic rings. The first-order chi connectivity index (χ1) is 14.0. The van der Waals surface area contributed by atoms with E-state index < -0.39 is 0 Å². The van der Waals surface area contributed by atoms with E-state index in [1.165, 1.54) is 11.0 Å². The fourth-order valence-corrected chi connectivity index (χ4v) is 4.21. The second-order valence-corrected chi connectivity index (χ2v) is 8.09. The van der Waals surface area contributed by atoms with Crippen LogP contribution in [0.4, 0.5) is 10.1 Å². The van der Waals surface area contributed by atoms with Crippen LogP contribution in [0.15, 0.2) is 48.5 Å². The van der Waals surface area contributed by atoms with Crippen molar-refractivity contribution in [3.63, 3.8) is 0 Å². The van der Waals surface area contributed by atoms with Gasteiger partial charge in [0.15, 0.2) is 6.04 Å². The van der Waals surface area contributed by atoms with Crippen LogP contribution in [0.5, 0.6) is 0 Å². The van der Waals surface area contributed by atoms with Crippen molar-refractivity contribution in [1.29, 1.82) is 0 Å². The fraction of sp³-hybridized carbons (Fsp3) is 0.381. The third-order valence-electron chi connectivity index (χ3n) is 5.47. The Kier molecular flexibility index (Phi) is 5.78. The van der Waals surface area contributed by atoms with Crippen LogP contribution in [0.3, 0.4) is 0 Å². The van der Waals surface area contributed by atoms with Crippen LogP contribution in [0.2, 0.25) is 5.02 Å². The van der Waals surface area contributed by atoms with Gasteiger partial charge in [-0.1, -0.05) is 29.8 Å². The maximum atomic E-state index is 14.8. The molecule has 2 aromatic carbocycles. The van der Waals surface area contributed by atoms with E-state index in [4.69, 9.17) is 11.6 Å². The lowest BCUT2D eigenvalue weighted by Crippen LogP contribution is -3.15. The summed E-state index contributed by atoms with van der Waals surface area (Å²) >= 11 is 6.16. The first-order valence-corrected chi connectivity index (χ1v) is 10.3. The van der Waals surface area contributed by atoms with Gasteiger partial charge >= 0.3 is 0 Å². The number of hydrogen-bond donors (Lipinski definition) is 1. The van der Waals surface area contributed by atoms with Gasteiger partial charge in [-0.05, 0) is 54.6 Å². The first kappa shape index (κ1) is 19.8. The average Bonchev–Trinajstić information content (AvgIpc) is 3.20. The van der Waals surface area contributed by atoms with Gasteiger partial charge < -0.3 is 9.80 Å². The zero-order valence-electron chi connectivity index (χ0n) is 16.6. The molecule has 0 aliphatic carbocycles. The number of piperazine rings is 1. The molecule has 29 heavy (non-hydrogen) atoms. The van der Waals surface area contributed by atoms with Crippen LogP contribution in [0, 0.1) is 5.82 Å². The summed E-state index contributed by atoms with van der Waals surface area (Å²) in [4.78, 5) is 3.57. The quantitative estimate of drug-likeness (QED) is 0.695. The van der Waals surface area contributed by atoms with Crippen LogP contribution < -0.4 is 9.80 Å². The molecule has 8 heteroatoms. The largest absolute Gasteiger partial charge is 0.360 e. The summed E-state index contributed by atoms with van der Waals surface area (Å²) in [6, 6.07) is 14.7. The molecule has 1 aromatic heterocycles. The lowest BCUT2D eigenvalue weighted by Gasteiger charge is -2.37. The van der Waals surface area contributed by atoms with Crippen LogP contribution in [-0.2, 0) is 0 Å². The summed E-state index contributed by atoms with van der Waals surface area (Å²) in [5.41, 5.74) is 1.75. The van der Waals surface area contributed by atoms with E-state index in [9.17, 15) is 4.39 Å². The molecule has 1 atom stereocenters. The molecule has 1 aliphatic rings. The molecule has 4 rings (SSSR count). The molecule has 0 saturated carbocycles. The lowest BCUT2D eigenvalue weighted by atomic mass is 10.0. The average molecular weight is 416 g/mol. The molecule has 6 nitrogen and oxygen atoms in total. The maximum Gasteiger partial charge on any atom is 0.214 e. The zero-order chi connectivity index (χ0) is 20.4. The Labute approximate surface area is 174 Å². The van der Waals surface area contributed by atoms with E-state index in [0.717, 1.165) is 36.9 Å². The molecule has 152 valence electrons. The fourth-order valence-electron chi connectivity index (χ4n) is 4.02. The highest BCUT2D eigenvalue weighted by Crippen LogP contribution is 2.23. The molecule has 1 fully saturated rings. The molecular formula is C21H25ClFN6+. The van der Waals surface area contributed by atoms with Crippen molar-refractivity contribution < 1.29 is 9.29 Å². The Bertz CT molecular complexity index is 967. The van der Waals surface area contributed by atoms with Crippen LogP contribution in [-0.4, -0.2) is 46.4 Å². The number of benzene rings is 2. The number of rotatable bonds is 5. The van der Waals surface area contributed by atoms with Gasteiger partial charge in [0.25, 0.3) is 0 Å². The topological polar surface area (TPSA) is 51.3 Å². The van der Waals surface area contributed by atoms with Gasteiger partial charge in [0.2, 0.25) is 5.82 Å². The van der Waals surface area contributed by atoms with Crippen molar-refractivity contribution in [3.05, 3.63) is 70.8 Å². The molecule has 0 bridgehead atoms. The summed E-state index contributed by atoms with van der Waals surface area (Å²) in [5, 5.41) is 13.1. The van der Waals surface area contributed by atoms with Gasteiger partial charge in [0, 0.05) is 10.7 Å². The number of quaternary nitrogens is 1. The molecule has 1 N–H and O–H groups in total. The van der Waals surface area contributed by atoms with Crippen molar-refractivity contribution in [3.8, 4) is 0 Å². The molecule has 1 saturated heterocycles. The number of nitrogens with one attached hydrogen (secondary N) is 1. The predicted molar refractivity (Wildman–Crippen MR) is 111 cm³/mol. The molecule has 2 heterocycles. The summed E-state index contributed by atoms with van der Waals surface area (Å²) in [6.45, 7) is 7.45.